The molecule has 0 aromatic rings. The maximum Gasteiger partial charge on any atom is 0.308 e. The first-order chi connectivity index (χ1) is 5.43. The van der Waals surface area contributed by atoms with E-state index in [4.69, 9.17) is 5.11 Å². The quantitative estimate of drug-likeness (QED) is 0.617. The van der Waals surface area contributed by atoms with Crippen molar-refractivity contribution in [1.29, 1.82) is 0 Å². The first kappa shape index (κ1) is 9.52. The van der Waals surface area contributed by atoms with Gasteiger partial charge in [0.25, 0.3) is 0 Å². The van der Waals surface area contributed by atoms with Gasteiger partial charge in [-0.3, -0.25) is 4.79 Å². The van der Waals surface area contributed by atoms with Crippen LogP contribution in [-0.2, 0) is 4.79 Å². The van der Waals surface area contributed by atoms with E-state index in [-0.39, 0.29) is 17.3 Å². The van der Waals surface area contributed by atoms with Gasteiger partial charge in [0, 0.05) is 6.54 Å². The molecule has 0 bridgehead atoms. The molecular weight excluding hydrogens is 154 g/mol. The maximum absolute atomic E-state index is 10.8. The van der Waals surface area contributed by atoms with Crippen molar-refractivity contribution >= 4 is 5.97 Å². The highest BCUT2D eigenvalue weighted by Crippen LogP contribution is 2.34. The molecule has 0 aromatic carbocycles. The van der Waals surface area contributed by atoms with E-state index < -0.39 is 5.97 Å². The van der Waals surface area contributed by atoms with Crippen molar-refractivity contribution in [3.8, 4) is 0 Å². The Bertz CT molecular complexity index is 183. The number of aliphatic carboxylic acids is 1. The molecule has 1 aliphatic rings. The minimum absolute atomic E-state index is 0.0898. The van der Waals surface area contributed by atoms with E-state index in [1.165, 1.54) is 0 Å². The van der Waals surface area contributed by atoms with E-state index in [0.29, 0.717) is 6.54 Å². The Hall–Kier alpha value is -0.570. The van der Waals surface area contributed by atoms with Gasteiger partial charge < -0.3 is 10.4 Å². The molecule has 2 atom stereocenters. The van der Waals surface area contributed by atoms with Crippen molar-refractivity contribution in [2.45, 2.75) is 20.8 Å². The second-order valence-electron chi connectivity index (χ2n) is 4.58. The number of nitrogens with one attached hydrogen (secondary N) is 1. The van der Waals surface area contributed by atoms with Crippen LogP contribution in [0.15, 0.2) is 0 Å². The Morgan fingerprint density at radius 2 is 2.00 bits per heavy atom. The largest absolute Gasteiger partial charge is 0.481 e. The van der Waals surface area contributed by atoms with Gasteiger partial charge in [0.1, 0.15) is 0 Å². The van der Waals surface area contributed by atoms with E-state index in [9.17, 15) is 4.79 Å². The average Bonchev–Trinajstić information content (AvgIpc) is 2.30. The summed E-state index contributed by atoms with van der Waals surface area (Å²) in [7, 11) is 0. The van der Waals surface area contributed by atoms with Crippen LogP contribution in [0.2, 0.25) is 0 Å². The molecule has 0 spiro atoms. The molecule has 2 unspecified atom stereocenters. The van der Waals surface area contributed by atoms with Gasteiger partial charge in [-0.1, -0.05) is 20.8 Å². The van der Waals surface area contributed by atoms with Crippen LogP contribution in [0, 0.1) is 17.3 Å². The third kappa shape index (κ3) is 1.78. The predicted molar refractivity (Wildman–Crippen MR) is 46.9 cm³/mol. The van der Waals surface area contributed by atoms with Crippen molar-refractivity contribution in [1.82, 2.24) is 5.32 Å². The Balaban J connectivity index is 2.71. The van der Waals surface area contributed by atoms with Crippen molar-refractivity contribution in [3.63, 3.8) is 0 Å². The number of rotatable bonds is 1. The molecular formula is C9H17NO2. The van der Waals surface area contributed by atoms with Crippen LogP contribution >= 0.6 is 0 Å². The number of carboxylic acids is 1. The molecule has 0 aliphatic carbocycles. The first-order valence-corrected chi connectivity index (χ1v) is 4.36. The summed E-state index contributed by atoms with van der Waals surface area (Å²) in [6.07, 6.45) is 0. The van der Waals surface area contributed by atoms with Crippen LogP contribution < -0.4 is 5.32 Å². The smallest absolute Gasteiger partial charge is 0.308 e. The topological polar surface area (TPSA) is 49.3 Å². The molecule has 1 heterocycles. The molecule has 3 heteroatoms. The third-order valence-electron chi connectivity index (χ3n) is 2.64. The van der Waals surface area contributed by atoms with E-state index in [0.717, 1.165) is 6.54 Å². The Morgan fingerprint density at radius 1 is 1.42 bits per heavy atom. The van der Waals surface area contributed by atoms with E-state index in [2.05, 4.69) is 26.1 Å². The molecule has 70 valence electrons. The fraction of sp³-hybridized carbons (Fsp3) is 0.889. The van der Waals surface area contributed by atoms with Crippen LogP contribution in [0.5, 0.6) is 0 Å². The van der Waals surface area contributed by atoms with Gasteiger partial charge in [0.05, 0.1) is 5.92 Å². The second kappa shape index (κ2) is 3.05. The molecule has 0 radical (unpaired) electrons. The molecule has 3 nitrogen and oxygen atoms in total. The second-order valence-corrected chi connectivity index (χ2v) is 4.58. The lowest BCUT2D eigenvalue weighted by Gasteiger charge is -2.29. The number of carboxylic acid groups (broad SMARTS) is 1. The van der Waals surface area contributed by atoms with Crippen molar-refractivity contribution < 1.29 is 9.90 Å². The van der Waals surface area contributed by atoms with Gasteiger partial charge in [-0.2, -0.15) is 0 Å². The summed E-state index contributed by atoms with van der Waals surface area (Å²) in [4.78, 5) is 10.8. The van der Waals surface area contributed by atoms with Crippen LogP contribution in [0.25, 0.3) is 0 Å². The van der Waals surface area contributed by atoms with E-state index in [1.807, 2.05) is 0 Å². The fourth-order valence-electron chi connectivity index (χ4n) is 1.85. The highest BCUT2D eigenvalue weighted by Gasteiger charge is 2.39. The Labute approximate surface area is 73.2 Å². The molecule has 1 fully saturated rings. The van der Waals surface area contributed by atoms with Gasteiger partial charge in [-0.15, -0.1) is 0 Å². The van der Waals surface area contributed by atoms with E-state index in [1.54, 1.807) is 0 Å². The van der Waals surface area contributed by atoms with Gasteiger partial charge >= 0.3 is 5.97 Å². The minimum atomic E-state index is -0.667. The van der Waals surface area contributed by atoms with Crippen LogP contribution in [0.3, 0.4) is 0 Å². The zero-order valence-electron chi connectivity index (χ0n) is 7.92. The highest BCUT2D eigenvalue weighted by molar-refractivity contribution is 5.71. The SMILES string of the molecule is CC(C)(C)C1CNCC1C(=O)O. The third-order valence-corrected chi connectivity index (χ3v) is 2.64. The molecule has 0 amide bonds. The molecule has 1 rings (SSSR count). The first-order valence-electron chi connectivity index (χ1n) is 4.36. The minimum Gasteiger partial charge on any atom is -0.481 e. The molecule has 12 heavy (non-hydrogen) atoms. The number of hydrogen-bond acceptors (Lipinski definition) is 2. The van der Waals surface area contributed by atoms with Crippen molar-refractivity contribution in [2.24, 2.45) is 17.3 Å². The van der Waals surface area contributed by atoms with Gasteiger partial charge in [0.2, 0.25) is 0 Å². The summed E-state index contributed by atoms with van der Waals surface area (Å²) < 4.78 is 0. The normalized spacial score (nSPS) is 30.6. The summed E-state index contributed by atoms with van der Waals surface area (Å²) in [5.74, 6) is -0.611. The molecule has 1 aliphatic heterocycles. The molecule has 0 aromatic heterocycles. The number of carbonyl (C=O) groups is 1. The monoisotopic (exact) mass is 171 g/mol. The predicted octanol–water partition coefficient (Wildman–Crippen LogP) is 0.953. The summed E-state index contributed by atoms with van der Waals surface area (Å²) in [5.41, 5.74) is 0.0898. The summed E-state index contributed by atoms with van der Waals surface area (Å²) in [6, 6.07) is 0. The average molecular weight is 171 g/mol. The zero-order chi connectivity index (χ0) is 9.35. The Morgan fingerprint density at radius 3 is 2.33 bits per heavy atom. The lowest BCUT2D eigenvalue weighted by atomic mass is 9.75. The van der Waals surface area contributed by atoms with Gasteiger partial charge in [0.15, 0.2) is 0 Å². The summed E-state index contributed by atoms with van der Waals surface area (Å²) >= 11 is 0. The Kier molecular flexibility index (Phi) is 2.42. The summed E-state index contributed by atoms with van der Waals surface area (Å²) in [6.45, 7) is 7.75. The van der Waals surface area contributed by atoms with Crippen LogP contribution in [0.1, 0.15) is 20.8 Å². The molecule has 2 N–H and O–H groups in total. The van der Waals surface area contributed by atoms with Crippen molar-refractivity contribution in [3.05, 3.63) is 0 Å². The maximum atomic E-state index is 10.8. The number of hydrogen-bond donors (Lipinski definition) is 2. The van der Waals surface area contributed by atoms with Crippen LogP contribution in [-0.4, -0.2) is 24.2 Å². The van der Waals surface area contributed by atoms with Gasteiger partial charge in [-0.25, -0.2) is 0 Å². The standard InChI is InChI=1S/C9H17NO2/c1-9(2,3)7-5-10-4-6(7)8(11)12/h6-7,10H,4-5H2,1-3H3,(H,11,12). The molecule has 0 saturated carbocycles. The zero-order valence-corrected chi connectivity index (χ0v) is 7.92. The van der Waals surface area contributed by atoms with Gasteiger partial charge in [-0.05, 0) is 17.9 Å². The lowest BCUT2D eigenvalue weighted by molar-refractivity contribution is -0.143. The lowest BCUT2D eigenvalue weighted by Crippen LogP contribution is -2.31. The fourth-order valence-corrected chi connectivity index (χ4v) is 1.85. The highest BCUT2D eigenvalue weighted by atomic mass is 16.4. The summed E-state index contributed by atoms with van der Waals surface area (Å²) in [5, 5.41) is 12.0. The van der Waals surface area contributed by atoms with Crippen molar-refractivity contribution in [2.75, 3.05) is 13.1 Å². The molecule has 1 saturated heterocycles. The van der Waals surface area contributed by atoms with Crippen LogP contribution in [0.4, 0.5) is 0 Å². The van der Waals surface area contributed by atoms with E-state index >= 15 is 0 Å².